The summed E-state index contributed by atoms with van der Waals surface area (Å²) in [5.74, 6) is -1.03. The fraction of sp³-hybridized carbons (Fsp3) is 0.125. The van der Waals surface area contributed by atoms with Crippen LogP contribution >= 0.6 is 0 Å². The number of aromatic nitrogens is 2. The third kappa shape index (κ3) is 4.22. The summed E-state index contributed by atoms with van der Waals surface area (Å²) < 4.78 is 0. The highest BCUT2D eigenvalue weighted by atomic mass is 16.3. The largest absolute Gasteiger partial charge is 0.505 e. The molecule has 6 heteroatoms. The summed E-state index contributed by atoms with van der Waals surface area (Å²) in [5, 5.41) is 13.2. The van der Waals surface area contributed by atoms with Crippen LogP contribution in [0.4, 0.5) is 0 Å². The van der Waals surface area contributed by atoms with Gasteiger partial charge >= 0.3 is 0 Å². The minimum Gasteiger partial charge on any atom is -0.505 e. The molecule has 0 atom stereocenters. The van der Waals surface area contributed by atoms with Crippen molar-refractivity contribution in [1.29, 1.82) is 0 Å². The predicted molar refractivity (Wildman–Crippen MR) is 116 cm³/mol. The Kier molecular flexibility index (Phi) is 5.57. The van der Waals surface area contributed by atoms with Crippen LogP contribution in [0.3, 0.4) is 0 Å². The van der Waals surface area contributed by atoms with Gasteiger partial charge in [-0.1, -0.05) is 60.7 Å². The van der Waals surface area contributed by atoms with E-state index in [0.29, 0.717) is 24.9 Å². The number of H-pyrrole nitrogens is 1. The average molecular weight is 399 g/mol. The first-order chi connectivity index (χ1) is 14.6. The van der Waals surface area contributed by atoms with Crippen LogP contribution in [0.25, 0.3) is 11.0 Å². The third-order valence-electron chi connectivity index (χ3n) is 4.90. The van der Waals surface area contributed by atoms with E-state index in [9.17, 15) is 14.7 Å². The van der Waals surface area contributed by atoms with Crippen molar-refractivity contribution in [3.05, 3.63) is 106 Å². The number of nitrogens with one attached hydrogen (secondary N) is 2. The molecule has 1 amide bonds. The van der Waals surface area contributed by atoms with Gasteiger partial charge in [-0.05, 0) is 35.6 Å². The van der Waals surface area contributed by atoms with Crippen LogP contribution in [-0.4, -0.2) is 27.5 Å². The summed E-state index contributed by atoms with van der Waals surface area (Å²) in [4.78, 5) is 32.0. The number of carbonyl (C=O) groups is 1. The van der Waals surface area contributed by atoms with Gasteiger partial charge < -0.3 is 15.4 Å². The maximum Gasteiger partial charge on any atom is 0.265 e. The van der Waals surface area contributed by atoms with Gasteiger partial charge in [0.2, 0.25) is 0 Å². The molecule has 0 bridgehead atoms. The number of aromatic amines is 1. The van der Waals surface area contributed by atoms with Gasteiger partial charge in [-0.2, -0.15) is 0 Å². The Morgan fingerprint density at radius 1 is 0.967 bits per heavy atom. The second kappa shape index (κ2) is 8.61. The van der Waals surface area contributed by atoms with E-state index in [1.165, 1.54) is 0 Å². The Morgan fingerprint density at radius 3 is 2.33 bits per heavy atom. The van der Waals surface area contributed by atoms with Crippen LogP contribution in [-0.2, 0) is 12.8 Å². The Balaban J connectivity index is 1.54. The third-order valence-corrected chi connectivity index (χ3v) is 4.90. The molecule has 150 valence electrons. The molecule has 0 fully saturated rings. The molecule has 0 aliphatic heterocycles. The van der Waals surface area contributed by atoms with Crippen molar-refractivity contribution in [3.63, 3.8) is 0 Å². The molecule has 6 nitrogen and oxygen atoms in total. The van der Waals surface area contributed by atoms with Gasteiger partial charge in [-0.3, -0.25) is 14.6 Å². The predicted octanol–water partition coefficient (Wildman–Crippen LogP) is 3.19. The maximum absolute atomic E-state index is 12.5. The number of pyridine rings is 2. The maximum atomic E-state index is 12.5. The molecule has 3 N–H and O–H groups in total. The number of nitrogens with zero attached hydrogens (tertiary/aromatic N) is 1. The van der Waals surface area contributed by atoms with E-state index < -0.39 is 17.2 Å². The Hall–Kier alpha value is -3.93. The van der Waals surface area contributed by atoms with E-state index in [2.05, 4.69) is 15.3 Å². The number of rotatable bonds is 6. The zero-order valence-corrected chi connectivity index (χ0v) is 16.3. The molecule has 0 spiro atoms. The zero-order chi connectivity index (χ0) is 20.9. The molecule has 2 heterocycles. The summed E-state index contributed by atoms with van der Waals surface area (Å²) in [6, 6.07) is 21.3. The van der Waals surface area contributed by atoms with Gasteiger partial charge in [0.15, 0.2) is 5.75 Å². The van der Waals surface area contributed by atoms with Gasteiger partial charge in [-0.25, -0.2) is 0 Å². The summed E-state index contributed by atoms with van der Waals surface area (Å²) in [5.41, 5.74) is 2.70. The Bertz CT molecular complexity index is 1240. The van der Waals surface area contributed by atoms with Crippen molar-refractivity contribution in [2.45, 2.75) is 12.8 Å². The molecule has 4 aromatic rings. The van der Waals surface area contributed by atoms with E-state index in [1.54, 1.807) is 12.3 Å². The topological polar surface area (TPSA) is 95.1 Å². The first-order valence-electron chi connectivity index (χ1n) is 9.72. The first kappa shape index (κ1) is 19.4. The van der Waals surface area contributed by atoms with Crippen molar-refractivity contribution in [2.75, 3.05) is 6.54 Å². The lowest BCUT2D eigenvalue weighted by molar-refractivity contribution is 0.0950. The van der Waals surface area contributed by atoms with Gasteiger partial charge in [0, 0.05) is 12.7 Å². The highest BCUT2D eigenvalue weighted by Gasteiger charge is 2.20. The lowest BCUT2D eigenvalue weighted by Crippen LogP contribution is -2.31. The zero-order valence-electron chi connectivity index (χ0n) is 16.3. The lowest BCUT2D eigenvalue weighted by atomic mass is 10.1. The number of hydrogen-bond donors (Lipinski definition) is 3. The fourth-order valence-corrected chi connectivity index (χ4v) is 3.40. The highest BCUT2D eigenvalue weighted by Crippen LogP contribution is 2.24. The van der Waals surface area contributed by atoms with Gasteiger partial charge in [-0.15, -0.1) is 0 Å². The summed E-state index contributed by atoms with van der Waals surface area (Å²) in [6.45, 7) is 0.350. The van der Waals surface area contributed by atoms with E-state index in [0.717, 1.165) is 16.7 Å². The molecule has 4 rings (SSSR count). The van der Waals surface area contributed by atoms with Gasteiger partial charge in [0.05, 0.1) is 5.52 Å². The molecular weight excluding hydrogens is 378 g/mol. The SMILES string of the molecule is O=C(NCCc1ccccc1)c1c(O)c2ncc(Cc3ccccc3)cc2[nH]c1=O. The van der Waals surface area contributed by atoms with E-state index >= 15 is 0 Å². The van der Waals surface area contributed by atoms with Crippen LogP contribution < -0.4 is 10.9 Å². The molecule has 0 aliphatic carbocycles. The van der Waals surface area contributed by atoms with Crippen LogP contribution in [0, 0.1) is 0 Å². The number of hydrogen-bond acceptors (Lipinski definition) is 4. The normalized spacial score (nSPS) is 10.8. The number of benzene rings is 2. The minimum absolute atomic E-state index is 0.194. The standard InChI is InChI=1S/C24H21N3O3/c28-22-20(23(29)25-12-11-16-7-3-1-4-8-16)24(30)27-19-14-18(15-26-21(19)22)13-17-9-5-2-6-10-17/h1-10,14-15H,11-13H2,(H,25,29)(H2,27,28,30). The summed E-state index contributed by atoms with van der Waals surface area (Å²) in [7, 11) is 0. The Labute approximate surface area is 173 Å². The van der Waals surface area contributed by atoms with Crippen molar-refractivity contribution in [2.24, 2.45) is 0 Å². The number of aromatic hydroxyl groups is 1. The van der Waals surface area contributed by atoms with Gasteiger partial charge in [0.1, 0.15) is 11.1 Å². The average Bonchev–Trinajstić information content (AvgIpc) is 2.75. The van der Waals surface area contributed by atoms with Crippen LogP contribution in [0.2, 0.25) is 0 Å². The molecule has 2 aromatic carbocycles. The van der Waals surface area contributed by atoms with Crippen molar-refractivity contribution >= 4 is 16.9 Å². The van der Waals surface area contributed by atoms with Crippen molar-refractivity contribution < 1.29 is 9.90 Å². The molecular formula is C24H21N3O3. The number of amides is 1. The smallest absolute Gasteiger partial charge is 0.265 e. The monoisotopic (exact) mass is 399 g/mol. The summed E-state index contributed by atoms with van der Waals surface area (Å²) >= 11 is 0. The molecule has 0 radical (unpaired) electrons. The molecule has 0 unspecified atom stereocenters. The fourth-order valence-electron chi connectivity index (χ4n) is 3.40. The molecule has 30 heavy (non-hydrogen) atoms. The molecule has 2 aromatic heterocycles. The number of carbonyl (C=O) groups excluding carboxylic acids is 1. The van der Waals surface area contributed by atoms with Crippen LogP contribution in [0.1, 0.15) is 27.0 Å². The highest BCUT2D eigenvalue weighted by molar-refractivity contribution is 6.01. The number of fused-ring (bicyclic) bond motifs is 1. The van der Waals surface area contributed by atoms with Crippen molar-refractivity contribution in [1.82, 2.24) is 15.3 Å². The minimum atomic E-state index is -0.643. The molecule has 0 aliphatic rings. The van der Waals surface area contributed by atoms with E-state index in [-0.39, 0.29) is 11.1 Å². The second-order valence-corrected chi connectivity index (χ2v) is 7.07. The molecule has 0 saturated heterocycles. The van der Waals surface area contributed by atoms with Crippen molar-refractivity contribution in [3.8, 4) is 5.75 Å². The molecule has 0 saturated carbocycles. The quantitative estimate of drug-likeness (QED) is 0.464. The first-order valence-corrected chi connectivity index (χ1v) is 9.72. The van der Waals surface area contributed by atoms with Gasteiger partial charge in [0.25, 0.3) is 11.5 Å². The lowest BCUT2D eigenvalue weighted by Gasteiger charge is -2.09. The second-order valence-electron chi connectivity index (χ2n) is 7.07. The van der Waals surface area contributed by atoms with Crippen LogP contribution in [0.5, 0.6) is 5.75 Å². The Morgan fingerprint density at radius 2 is 1.63 bits per heavy atom. The van der Waals surface area contributed by atoms with Crippen LogP contribution in [0.15, 0.2) is 77.7 Å². The van der Waals surface area contributed by atoms with E-state index in [4.69, 9.17) is 0 Å². The van der Waals surface area contributed by atoms with E-state index in [1.807, 2.05) is 60.7 Å². The summed E-state index contributed by atoms with van der Waals surface area (Å²) in [6.07, 6.45) is 2.92.